The highest BCUT2D eigenvalue weighted by Gasteiger charge is 2.27. The van der Waals surface area contributed by atoms with Crippen LogP contribution < -0.4 is 5.32 Å². The predicted molar refractivity (Wildman–Crippen MR) is 104 cm³/mol. The van der Waals surface area contributed by atoms with E-state index in [1.165, 1.54) is 10.4 Å². The number of pyridine rings is 1. The van der Waals surface area contributed by atoms with Gasteiger partial charge in [0.2, 0.25) is 5.91 Å². The van der Waals surface area contributed by atoms with Crippen LogP contribution in [0.15, 0.2) is 48.7 Å². The van der Waals surface area contributed by atoms with E-state index in [0.717, 1.165) is 41.2 Å². The van der Waals surface area contributed by atoms with Gasteiger partial charge in [-0.3, -0.25) is 9.78 Å². The number of thiazole rings is 1. The zero-order chi connectivity index (χ0) is 17.9. The van der Waals surface area contributed by atoms with Crippen LogP contribution in [0.4, 0.5) is 0 Å². The number of amides is 1. The summed E-state index contributed by atoms with van der Waals surface area (Å²) in [6, 6.07) is 14.1. The molecule has 1 aliphatic carbocycles. The first-order valence-electron chi connectivity index (χ1n) is 8.92. The number of hydrogen-bond donors (Lipinski definition) is 1. The highest BCUT2D eigenvalue weighted by atomic mass is 32.1. The minimum Gasteiger partial charge on any atom is -0.352 e. The van der Waals surface area contributed by atoms with Crippen molar-refractivity contribution in [3.8, 4) is 10.7 Å². The summed E-state index contributed by atoms with van der Waals surface area (Å²) in [4.78, 5) is 22.9. The van der Waals surface area contributed by atoms with Gasteiger partial charge in [-0.15, -0.1) is 11.3 Å². The molecule has 3 aromatic rings. The normalized spacial score (nSPS) is 16.1. The Bertz CT molecular complexity index is 903. The fourth-order valence-corrected chi connectivity index (χ4v) is 4.40. The fraction of sp³-hybridized carbons (Fsp3) is 0.286. The van der Waals surface area contributed by atoms with Crippen LogP contribution in [0.1, 0.15) is 28.1 Å². The van der Waals surface area contributed by atoms with Crippen LogP contribution in [-0.4, -0.2) is 15.9 Å². The van der Waals surface area contributed by atoms with Gasteiger partial charge >= 0.3 is 0 Å². The van der Waals surface area contributed by atoms with Crippen molar-refractivity contribution in [2.45, 2.75) is 32.7 Å². The largest absolute Gasteiger partial charge is 0.352 e. The summed E-state index contributed by atoms with van der Waals surface area (Å²) in [5, 5.41) is 4.05. The van der Waals surface area contributed by atoms with Crippen molar-refractivity contribution in [3.05, 3.63) is 70.4 Å². The number of benzene rings is 1. The van der Waals surface area contributed by atoms with Crippen molar-refractivity contribution < 1.29 is 4.79 Å². The van der Waals surface area contributed by atoms with Gasteiger partial charge in [0.1, 0.15) is 5.01 Å². The van der Waals surface area contributed by atoms with Crippen LogP contribution in [0.3, 0.4) is 0 Å². The minimum absolute atomic E-state index is 0.0324. The van der Waals surface area contributed by atoms with E-state index in [-0.39, 0.29) is 11.8 Å². The summed E-state index contributed by atoms with van der Waals surface area (Å²) in [7, 11) is 0. The zero-order valence-corrected chi connectivity index (χ0v) is 15.6. The van der Waals surface area contributed by atoms with Crippen molar-refractivity contribution in [3.63, 3.8) is 0 Å². The standard InChI is InChI=1S/C21H21N3OS/c1-14-5-7-15(8-6-14)13-23-20(25)16-9-10-17-19(12-16)26-21(24-17)18-4-2-3-11-22-18/h2-8,11,16H,9-10,12-13H2,1H3,(H,23,25). The molecule has 4 rings (SSSR count). The highest BCUT2D eigenvalue weighted by molar-refractivity contribution is 7.15. The molecule has 1 aliphatic rings. The number of nitrogens with one attached hydrogen (secondary N) is 1. The summed E-state index contributed by atoms with van der Waals surface area (Å²) in [6.45, 7) is 2.65. The Balaban J connectivity index is 1.40. The van der Waals surface area contributed by atoms with Gasteiger partial charge in [0.05, 0.1) is 11.4 Å². The number of fused-ring (bicyclic) bond motifs is 1. The molecule has 2 heterocycles. The lowest BCUT2D eigenvalue weighted by Crippen LogP contribution is -2.33. The van der Waals surface area contributed by atoms with Crippen molar-refractivity contribution in [2.24, 2.45) is 5.92 Å². The van der Waals surface area contributed by atoms with Gasteiger partial charge in [-0.05, 0) is 43.9 Å². The second kappa shape index (κ2) is 7.38. The summed E-state index contributed by atoms with van der Waals surface area (Å²) >= 11 is 1.67. The molecule has 132 valence electrons. The molecule has 5 heteroatoms. The van der Waals surface area contributed by atoms with Gasteiger partial charge in [-0.2, -0.15) is 0 Å². The maximum Gasteiger partial charge on any atom is 0.223 e. The molecule has 0 bridgehead atoms. The number of aromatic nitrogens is 2. The van der Waals surface area contributed by atoms with E-state index in [2.05, 4.69) is 41.5 Å². The van der Waals surface area contributed by atoms with Crippen molar-refractivity contribution in [1.29, 1.82) is 0 Å². The van der Waals surface area contributed by atoms with Crippen LogP contribution >= 0.6 is 11.3 Å². The topological polar surface area (TPSA) is 54.9 Å². The number of aryl methyl sites for hydroxylation is 2. The van der Waals surface area contributed by atoms with Gasteiger partial charge in [0.25, 0.3) is 0 Å². The lowest BCUT2D eigenvalue weighted by molar-refractivity contribution is -0.125. The van der Waals surface area contributed by atoms with Gasteiger partial charge in [-0.1, -0.05) is 35.9 Å². The average molecular weight is 363 g/mol. The maximum absolute atomic E-state index is 12.6. The number of nitrogens with zero attached hydrogens (tertiary/aromatic N) is 2. The molecule has 4 nitrogen and oxygen atoms in total. The Morgan fingerprint density at radius 1 is 1.23 bits per heavy atom. The molecule has 0 saturated carbocycles. The summed E-state index contributed by atoms with van der Waals surface area (Å²) in [5.41, 5.74) is 4.41. The Morgan fingerprint density at radius 2 is 2.08 bits per heavy atom. The van der Waals surface area contributed by atoms with Crippen molar-refractivity contribution in [1.82, 2.24) is 15.3 Å². The molecule has 1 amide bonds. The Morgan fingerprint density at radius 3 is 2.85 bits per heavy atom. The Labute approximate surface area is 157 Å². The first-order valence-corrected chi connectivity index (χ1v) is 9.74. The summed E-state index contributed by atoms with van der Waals surface area (Å²) in [6.07, 6.45) is 4.29. The van der Waals surface area contributed by atoms with E-state index in [1.54, 1.807) is 17.5 Å². The molecule has 0 radical (unpaired) electrons. The molecule has 26 heavy (non-hydrogen) atoms. The highest BCUT2D eigenvalue weighted by Crippen LogP contribution is 2.34. The molecule has 0 saturated heterocycles. The van der Waals surface area contributed by atoms with Crippen LogP contribution in [0, 0.1) is 12.8 Å². The van der Waals surface area contributed by atoms with E-state index in [9.17, 15) is 4.79 Å². The molecule has 0 spiro atoms. The molecule has 1 N–H and O–H groups in total. The first-order chi connectivity index (χ1) is 12.7. The Hall–Kier alpha value is -2.53. The summed E-state index contributed by atoms with van der Waals surface area (Å²) < 4.78 is 0. The predicted octanol–water partition coefficient (Wildman–Crippen LogP) is 3.93. The van der Waals surface area contributed by atoms with Crippen molar-refractivity contribution >= 4 is 17.2 Å². The third kappa shape index (κ3) is 3.68. The number of carbonyl (C=O) groups is 1. The first kappa shape index (κ1) is 16.9. The van der Waals surface area contributed by atoms with Gasteiger partial charge in [0, 0.05) is 23.5 Å². The second-order valence-electron chi connectivity index (χ2n) is 6.75. The van der Waals surface area contributed by atoms with E-state index < -0.39 is 0 Å². The molecule has 1 atom stereocenters. The fourth-order valence-electron chi connectivity index (χ4n) is 3.24. The van der Waals surface area contributed by atoms with Crippen LogP contribution in [-0.2, 0) is 24.2 Å². The van der Waals surface area contributed by atoms with Gasteiger partial charge in [0.15, 0.2) is 0 Å². The SMILES string of the molecule is Cc1ccc(CNC(=O)C2CCc3nc(-c4ccccn4)sc3C2)cc1. The zero-order valence-electron chi connectivity index (χ0n) is 14.7. The maximum atomic E-state index is 12.6. The van der Waals surface area contributed by atoms with Crippen LogP contribution in [0.2, 0.25) is 0 Å². The monoisotopic (exact) mass is 363 g/mol. The summed E-state index contributed by atoms with van der Waals surface area (Å²) in [5.74, 6) is 0.175. The van der Waals surface area contributed by atoms with E-state index >= 15 is 0 Å². The molecule has 1 unspecified atom stereocenters. The van der Waals surface area contributed by atoms with E-state index in [4.69, 9.17) is 4.98 Å². The molecule has 1 aromatic carbocycles. The van der Waals surface area contributed by atoms with E-state index in [1.807, 2.05) is 18.2 Å². The lowest BCUT2D eigenvalue weighted by Gasteiger charge is -2.20. The smallest absolute Gasteiger partial charge is 0.223 e. The third-order valence-corrected chi connectivity index (χ3v) is 5.92. The molecular weight excluding hydrogens is 342 g/mol. The molecule has 0 fully saturated rings. The molecule has 2 aromatic heterocycles. The van der Waals surface area contributed by atoms with Gasteiger partial charge < -0.3 is 5.32 Å². The quantitative estimate of drug-likeness (QED) is 0.764. The minimum atomic E-state index is 0.0324. The Kier molecular flexibility index (Phi) is 4.80. The van der Waals surface area contributed by atoms with Crippen molar-refractivity contribution in [2.75, 3.05) is 0 Å². The average Bonchev–Trinajstić information content (AvgIpc) is 3.11. The van der Waals surface area contributed by atoms with Crippen LogP contribution in [0.25, 0.3) is 10.7 Å². The molecular formula is C21H21N3OS. The third-order valence-electron chi connectivity index (χ3n) is 4.78. The van der Waals surface area contributed by atoms with Gasteiger partial charge in [-0.25, -0.2) is 4.98 Å². The second-order valence-corrected chi connectivity index (χ2v) is 7.83. The van der Waals surface area contributed by atoms with Crippen LogP contribution in [0.5, 0.6) is 0 Å². The molecule has 0 aliphatic heterocycles. The van der Waals surface area contributed by atoms with E-state index in [0.29, 0.717) is 6.54 Å². The number of carbonyl (C=O) groups excluding carboxylic acids is 1. The number of hydrogen-bond acceptors (Lipinski definition) is 4. The number of rotatable bonds is 4. The lowest BCUT2D eigenvalue weighted by atomic mass is 9.90.